The number of hydrogen-bond donors (Lipinski definition) is 3. The summed E-state index contributed by atoms with van der Waals surface area (Å²) in [6, 6.07) is 11.1. The number of amidine groups is 1. The van der Waals surface area contributed by atoms with Crippen molar-refractivity contribution in [3.8, 4) is 5.75 Å². The first-order valence-electron chi connectivity index (χ1n) is 11.6. The second-order valence-electron chi connectivity index (χ2n) is 7.73. The summed E-state index contributed by atoms with van der Waals surface area (Å²) in [4.78, 5) is 59.1. The van der Waals surface area contributed by atoms with Crippen molar-refractivity contribution in [3.05, 3.63) is 65.2 Å². The fourth-order valence-electron chi connectivity index (χ4n) is 2.97. The molecule has 2 aromatic rings. The molecule has 0 radical (unpaired) electrons. The number of esters is 2. The number of carbonyl (C=O) groups excluding carboxylic acids is 5. The largest absolute Gasteiger partial charge is 0.482 e. The van der Waals surface area contributed by atoms with Gasteiger partial charge in [0.05, 0.1) is 12.6 Å². The van der Waals surface area contributed by atoms with Gasteiger partial charge in [-0.25, -0.2) is 9.59 Å². The molecule has 12 heteroatoms. The van der Waals surface area contributed by atoms with Crippen LogP contribution in [0, 0.1) is 5.41 Å². The molecule has 0 aliphatic heterocycles. The van der Waals surface area contributed by atoms with E-state index in [-0.39, 0.29) is 43.6 Å². The van der Waals surface area contributed by atoms with Gasteiger partial charge in [0.15, 0.2) is 12.4 Å². The van der Waals surface area contributed by atoms with Crippen molar-refractivity contribution in [2.45, 2.75) is 26.8 Å². The molecule has 0 aliphatic carbocycles. The van der Waals surface area contributed by atoms with Crippen LogP contribution in [0.1, 0.15) is 47.1 Å². The van der Waals surface area contributed by atoms with Crippen molar-refractivity contribution in [3.63, 3.8) is 0 Å². The zero-order valence-electron chi connectivity index (χ0n) is 21.2. The van der Waals surface area contributed by atoms with E-state index in [9.17, 15) is 24.0 Å². The number of Topliss-reactive ketones (excluding diaryl/α,β-unsaturated/α-hetero) is 1. The molecule has 0 heterocycles. The molecule has 0 saturated heterocycles. The van der Waals surface area contributed by atoms with Gasteiger partial charge < -0.3 is 24.3 Å². The second-order valence-corrected chi connectivity index (χ2v) is 7.73. The van der Waals surface area contributed by atoms with Crippen LogP contribution < -0.4 is 15.4 Å². The summed E-state index contributed by atoms with van der Waals surface area (Å²) in [5.41, 5.74) is 0.900. The first kappa shape index (κ1) is 29.5. The van der Waals surface area contributed by atoms with E-state index in [0.29, 0.717) is 16.9 Å². The zero-order valence-corrected chi connectivity index (χ0v) is 21.2. The third-order valence-corrected chi connectivity index (χ3v) is 4.83. The van der Waals surface area contributed by atoms with Crippen LogP contribution in [-0.2, 0) is 23.8 Å². The minimum absolute atomic E-state index is 0.0995. The van der Waals surface area contributed by atoms with Crippen LogP contribution in [0.4, 0.5) is 4.79 Å². The standard InChI is InChI=1S/C26H29N3O9/c1-4-35-22(31)15-38-21-11-9-18(10-12-21)23(32)16(2)28-25(33)20-7-5-19(6-8-20)24(27)29-26(34)37-14-13-36-17(3)30/h5-12,16H,4,13-15H2,1-3H3,(H,28,33)(H2,27,29,34)/t16-/m0/s1. The summed E-state index contributed by atoms with van der Waals surface area (Å²) < 4.78 is 19.5. The van der Waals surface area contributed by atoms with Crippen LogP contribution in [0.5, 0.6) is 5.75 Å². The summed E-state index contributed by atoms with van der Waals surface area (Å²) in [5.74, 6) is -1.70. The Morgan fingerprint density at radius 1 is 0.842 bits per heavy atom. The quantitative estimate of drug-likeness (QED) is 0.0935. The van der Waals surface area contributed by atoms with Gasteiger partial charge in [0.2, 0.25) is 0 Å². The Balaban J connectivity index is 1.85. The Bertz CT molecular complexity index is 1160. The van der Waals surface area contributed by atoms with E-state index in [1.807, 2.05) is 0 Å². The van der Waals surface area contributed by atoms with Crippen LogP contribution in [0.25, 0.3) is 0 Å². The maximum atomic E-state index is 12.7. The van der Waals surface area contributed by atoms with Crippen molar-refractivity contribution < 1.29 is 42.9 Å². The van der Waals surface area contributed by atoms with Gasteiger partial charge in [-0.3, -0.25) is 25.1 Å². The minimum atomic E-state index is -0.894. The highest BCUT2D eigenvalue weighted by Gasteiger charge is 2.19. The van der Waals surface area contributed by atoms with Crippen LogP contribution in [0.3, 0.4) is 0 Å². The second kappa shape index (κ2) is 14.7. The average Bonchev–Trinajstić information content (AvgIpc) is 2.90. The maximum absolute atomic E-state index is 12.7. The number of ketones is 1. The summed E-state index contributed by atoms with van der Waals surface area (Å²) in [6.07, 6.45) is -0.894. The van der Waals surface area contributed by atoms with Gasteiger partial charge in [-0.05, 0) is 50.2 Å². The summed E-state index contributed by atoms with van der Waals surface area (Å²) in [7, 11) is 0. The van der Waals surface area contributed by atoms with Gasteiger partial charge in [-0.15, -0.1) is 0 Å². The SMILES string of the molecule is CCOC(=O)COc1ccc(C(=O)[C@H](C)NC(=O)c2ccc(C(=N)NC(=O)OCCOC(C)=O)cc2)cc1. The number of ether oxygens (including phenoxy) is 4. The van der Waals surface area contributed by atoms with Gasteiger partial charge in [-0.1, -0.05) is 12.1 Å². The lowest BCUT2D eigenvalue weighted by molar-refractivity contribution is -0.145. The normalized spacial score (nSPS) is 10.9. The molecule has 0 saturated carbocycles. The first-order chi connectivity index (χ1) is 18.1. The molecule has 0 aromatic heterocycles. The highest BCUT2D eigenvalue weighted by atomic mass is 16.6. The van der Waals surface area contributed by atoms with Gasteiger partial charge in [0.25, 0.3) is 5.91 Å². The predicted molar refractivity (Wildman–Crippen MR) is 134 cm³/mol. The molecular formula is C26H29N3O9. The lowest BCUT2D eigenvalue weighted by Gasteiger charge is -2.14. The highest BCUT2D eigenvalue weighted by molar-refractivity contribution is 6.06. The summed E-state index contributed by atoms with van der Waals surface area (Å²) in [6.45, 7) is 4.21. The molecule has 38 heavy (non-hydrogen) atoms. The third kappa shape index (κ3) is 9.72. The Kier molecular flexibility index (Phi) is 11.4. The van der Waals surface area contributed by atoms with Crippen LogP contribution in [0.2, 0.25) is 0 Å². The lowest BCUT2D eigenvalue weighted by Crippen LogP contribution is -2.38. The number of alkyl carbamates (subject to hydrolysis) is 1. The van der Waals surface area contributed by atoms with E-state index in [4.69, 9.17) is 19.6 Å². The molecule has 0 bridgehead atoms. The summed E-state index contributed by atoms with van der Waals surface area (Å²) in [5, 5.41) is 12.8. The lowest BCUT2D eigenvalue weighted by atomic mass is 10.0. The molecule has 3 N–H and O–H groups in total. The first-order valence-corrected chi connectivity index (χ1v) is 11.6. The molecule has 2 amide bonds. The fourth-order valence-corrected chi connectivity index (χ4v) is 2.97. The topological polar surface area (TPSA) is 170 Å². The molecule has 0 spiro atoms. The monoisotopic (exact) mass is 527 g/mol. The number of amides is 2. The van der Waals surface area contributed by atoms with Crippen LogP contribution in [-0.4, -0.2) is 68.0 Å². The van der Waals surface area contributed by atoms with Gasteiger partial charge in [0.1, 0.15) is 24.8 Å². The minimum Gasteiger partial charge on any atom is -0.482 e. The molecule has 12 nitrogen and oxygen atoms in total. The number of rotatable bonds is 12. The number of hydrogen-bond acceptors (Lipinski definition) is 10. The smallest absolute Gasteiger partial charge is 0.412 e. The Morgan fingerprint density at radius 2 is 1.42 bits per heavy atom. The highest BCUT2D eigenvalue weighted by Crippen LogP contribution is 2.14. The van der Waals surface area contributed by atoms with Gasteiger partial charge in [0, 0.05) is 23.6 Å². The van der Waals surface area contributed by atoms with Crippen molar-refractivity contribution in [2.75, 3.05) is 26.4 Å². The van der Waals surface area contributed by atoms with E-state index in [1.54, 1.807) is 26.0 Å². The molecule has 2 rings (SSSR count). The van der Waals surface area contributed by atoms with Crippen molar-refractivity contribution in [1.29, 1.82) is 5.41 Å². The number of carbonyl (C=O) groups is 5. The van der Waals surface area contributed by atoms with E-state index in [1.165, 1.54) is 43.3 Å². The number of nitrogens with one attached hydrogen (secondary N) is 3. The van der Waals surface area contributed by atoms with E-state index < -0.39 is 30.0 Å². The maximum Gasteiger partial charge on any atom is 0.412 e. The third-order valence-electron chi connectivity index (χ3n) is 4.83. The van der Waals surface area contributed by atoms with Crippen molar-refractivity contribution in [1.82, 2.24) is 10.6 Å². The van der Waals surface area contributed by atoms with Crippen molar-refractivity contribution >= 4 is 35.6 Å². The van der Waals surface area contributed by atoms with E-state index in [2.05, 4.69) is 15.4 Å². The molecule has 0 fully saturated rings. The Labute approximate surface area is 219 Å². The summed E-state index contributed by atoms with van der Waals surface area (Å²) >= 11 is 0. The predicted octanol–water partition coefficient (Wildman–Crippen LogP) is 2.24. The molecule has 202 valence electrons. The molecular weight excluding hydrogens is 498 g/mol. The Morgan fingerprint density at radius 3 is 2.03 bits per heavy atom. The van der Waals surface area contributed by atoms with Crippen molar-refractivity contribution in [2.24, 2.45) is 0 Å². The molecule has 0 unspecified atom stereocenters. The molecule has 1 atom stereocenters. The van der Waals surface area contributed by atoms with Crippen LogP contribution >= 0.6 is 0 Å². The molecule has 0 aliphatic rings. The zero-order chi connectivity index (χ0) is 28.1. The van der Waals surface area contributed by atoms with Gasteiger partial charge in [-0.2, -0.15) is 0 Å². The van der Waals surface area contributed by atoms with E-state index in [0.717, 1.165) is 0 Å². The molecule has 2 aromatic carbocycles. The van der Waals surface area contributed by atoms with E-state index >= 15 is 0 Å². The van der Waals surface area contributed by atoms with Gasteiger partial charge >= 0.3 is 18.0 Å². The fraction of sp³-hybridized carbons (Fsp3) is 0.308. The average molecular weight is 528 g/mol. The Hall–Kier alpha value is -4.74. The number of benzene rings is 2. The van der Waals surface area contributed by atoms with Crippen LogP contribution in [0.15, 0.2) is 48.5 Å².